The second-order valence-electron chi connectivity index (χ2n) is 15.1. The lowest BCUT2D eigenvalue weighted by Gasteiger charge is -2.63. The Hall–Kier alpha value is -1.43. The summed E-state index contributed by atoms with van der Waals surface area (Å²) in [5.41, 5.74) is 1.29. The Morgan fingerprint density at radius 3 is 2.32 bits per heavy atom. The Morgan fingerprint density at radius 2 is 1.66 bits per heavy atom. The van der Waals surface area contributed by atoms with E-state index in [1.807, 2.05) is 30.3 Å². The van der Waals surface area contributed by atoms with E-state index in [0.29, 0.717) is 34.8 Å². The van der Waals surface area contributed by atoms with Gasteiger partial charge in [0.1, 0.15) is 0 Å². The largest absolute Gasteiger partial charge is 0.396 e. The Bertz CT molecular complexity index is 1090. The maximum atomic E-state index is 13.1. The van der Waals surface area contributed by atoms with Crippen LogP contribution in [-0.4, -0.2) is 59.9 Å². The molecule has 210 valence electrons. The highest BCUT2D eigenvalue weighted by Gasteiger charge is 2.83. The summed E-state index contributed by atoms with van der Waals surface area (Å²) in [6.07, 6.45) is 8.81. The van der Waals surface area contributed by atoms with Crippen molar-refractivity contribution in [1.82, 2.24) is 10.2 Å². The molecule has 2 spiro atoms. The number of fused-ring (bicyclic) bond motifs is 2. The second-order valence-corrected chi connectivity index (χ2v) is 15.1. The van der Waals surface area contributed by atoms with Crippen LogP contribution in [0, 0.1) is 44.8 Å². The standard InChI is InChI=1S/C33H50N2O3/c1-21(35(5)6)27-23(37)18-31(4)25-13-12-24-29(2,20-36)26(34-28(38)22-10-8-7-9-11-22)14-15-32(24)19-33(25,32)17-16-30(27,31)3/h7-11,21,23-27,36-37H,12-20H2,1-6H3,(H,34,38)/t21-,23+,24-,25-,26-,27-,29+,30+,31-,32+,33-/m0/s1. The first kappa shape index (κ1) is 26.8. The van der Waals surface area contributed by atoms with Crippen molar-refractivity contribution in [2.45, 2.75) is 97.2 Å². The molecule has 5 nitrogen and oxygen atoms in total. The monoisotopic (exact) mass is 522 g/mol. The van der Waals surface area contributed by atoms with Crippen molar-refractivity contribution >= 4 is 5.91 Å². The van der Waals surface area contributed by atoms with Gasteiger partial charge in [-0.05, 0) is 118 Å². The summed E-state index contributed by atoms with van der Waals surface area (Å²) >= 11 is 0. The molecular weight excluding hydrogens is 472 g/mol. The number of carbonyl (C=O) groups excluding carboxylic acids is 1. The number of hydrogen-bond donors (Lipinski definition) is 3. The molecule has 5 saturated carbocycles. The van der Waals surface area contributed by atoms with E-state index in [9.17, 15) is 15.0 Å². The number of benzene rings is 1. The lowest BCUT2D eigenvalue weighted by molar-refractivity contribution is -0.154. The van der Waals surface area contributed by atoms with Crippen LogP contribution >= 0.6 is 0 Å². The summed E-state index contributed by atoms with van der Waals surface area (Å²) in [6.45, 7) is 9.73. The zero-order valence-corrected chi connectivity index (χ0v) is 24.5. The van der Waals surface area contributed by atoms with Crippen molar-refractivity contribution in [3.63, 3.8) is 0 Å². The Kier molecular flexibility index (Phi) is 6.01. The van der Waals surface area contributed by atoms with Crippen LogP contribution < -0.4 is 5.32 Å². The van der Waals surface area contributed by atoms with Gasteiger partial charge in [-0.1, -0.05) is 39.0 Å². The second kappa shape index (κ2) is 8.54. The van der Waals surface area contributed by atoms with Gasteiger partial charge in [0.2, 0.25) is 0 Å². The molecule has 5 heteroatoms. The number of amides is 1. The van der Waals surface area contributed by atoms with E-state index in [1.165, 1.54) is 25.7 Å². The molecule has 5 aliphatic carbocycles. The predicted molar refractivity (Wildman–Crippen MR) is 151 cm³/mol. The van der Waals surface area contributed by atoms with E-state index in [2.05, 4.69) is 52.0 Å². The Balaban J connectivity index is 1.29. The van der Waals surface area contributed by atoms with Crippen LogP contribution in [-0.2, 0) is 0 Å². The third-order valence-electron chi connectivity index (χ3n) is 14.0. The third-order valence-corrected chi connectivity index (χ3v) is 14.0. The fourth-order valence-electron chi connectivity index (χ4n) is 11.8. The minimum Gasteiger partial charge on any atom is -0.396 e. The van der Waals surface area contributed by atoms with Gasteiger partial charge in [0.05, 0.1) is 12.7 Å². The van der Waals surface area contributed by atoms with E-state index in [-0.39, 0.29) is 46.3 Å². The molecule has 5 aliphatic rings. The number of aliphatic hydroxyl groups is 2. The zero-order chi connectivity index (χ0) is 27.3. The van der Waals surface area contributed by atoms with E-state index in [0.717, 1.165) is 25.7 Å². The molecule has 0 aliphatic heterocycles. The molecule has 11 atom stereocenters. The van der Waals surface area contributed by atoms with Crippen LogP contribution in [0.3, 0.4) is 0 Å². The van der Waals surface area contributed by atoms with Gasteiger partial charge >= 0.3 is 0 Å². The maximum Gasteiger partial charge on any atom is 0.251 e. The van der Waals surface area contributed by atoms with Crippen LogP contribution in [0.5, 0.6) is 0 Å². The Morgan fingerprint density at radius 1 is 1.00 bits per heavy atom. The molecule has 0 heterocycles. The topological polar surface area (TPSA) is 72.8 Å². The summed E-state index contributed by atoms with van der Waals surface area (Å²) in [5.74, 6) is 1.35. The highest BCUT2D eigenvalue weighted by Crippen LogP contribution is 2.89. The van der Waals surface area contributed by atoms with Crippen molar-refractivity contribution < 1.29 is 15.0 Å². The highest BCUT2D eigenvalue weighted by atomic mass is 16.3. The molecule has 1 aromatic carbocycles. The lowest BCUT2D eigenvalue weighted by Crippen LogP contribution is -2.62. The van der Waals surface area contributed by atoms with E-state index in [1.54, 1.807) is 0 Å². The van der Waals surface area contributed by atoms with Crippen molar-refractivity contribution in [2.24, 2.45) is 44.8 Å². The minimum absolute atomic E-state index is 0.00639. The molecule has 0 bridgehead atoms. The maximum absolute atomic E-state index is 13.1. The predicted octanol–water partition coefficient (Wildman–Crippen LogP) is 5.12. The van der Waals surface area contributed by atoms with Crippen LogP contribution in [0.25, 0.3) is 0 Å². The minimum atomic E-state index is -0.310. The molecule has 1 aromatic rings. The van der Waals surface area contributed by atoms with E-state index >= 15 is 0 Å². The number of aliphatic hydroxyl groups excluding tert-OH is 2. The summed E-state index contributed by atoms with van der Waals surface area (Å²) in [5, 5.41) is 25.8. The first-order chi connectivity index (χ1) is 17.9. The number of carbonyl (C=O) groups is 1. The van der Waals surface area contributed by atoms with Gasteiger partial charge in [0, 0.05) is 29.0 Å². The number of rotatable bonds is 5. The first-order valence-corrected chi connectivity index (χ1v) is 15.2. The quantitative estimate of drug-likeness (QED) is 0.502. The van der Waals surface area contributed by atoms with Crippen molar-refractivity contribution in [1.29, 1.82) is 0 Å². The van der Waals surface area contributed by atoms with Crippen LogP contribution in [0.1, 0.15) is 89.4 Å². The van der Waals surface area contributed by atoms with E-state index in [4.69, 9.17) is 0 Å². The van der Waals surface area contributed by atoms with Crippen molar-refractivity contribution in [2.75, 3.05) is 20.7 Å². The molecule has 1 amide bonds. The summed E-state index contributed by atoms with van der Waals surface area (Å²) in [6, 6.07) is 9.85. The van der Waals surface area contributed by atoms with Crippen molar-refractivity contribution in [3.8, 4) is 0 Å². The summed E-state index contributed by atoms with van der Waals surface area (Å²) in [4.78, 5) is 15.4. The van der Waals surface area contributed by atoms with E-state index < -0.39 is 0 Å². The SMILES string of the molecule is C[C@@H]([C@H]1[C@H](O)C[C@@]2(C)[C@@H]3CC[C@H]4[C@@](C)(CO)[C@@H](NC(=O)c5ccccc5)CC[C@@]45C[C@@]35CC[C@]12C)N(C)C. The van der Waals surface area contributed by atoms with Gasteiger partial charge in [0.15, 0.2) is 0 Å². The summed E-state index contributed by atoms with van der Waals surface area (Å²) < 4.78 is 0. The fourth-order valence-corrected chi connectivity index (χ4v) is 11.8. The normalized spacial score (nSPS) is 49.9. The molecule has 5 fully saturated rings. The van der Waals surface area contributed by atoms with Gasteiger partial charge in [-0.3, -0.25) is 4.79 Å². The molecular formula is C33H50N2O3. The lowest BCUT2D eigenvalue weighted by atomic mass is 9.41. The third kappa shape index (κ3) is 3.19. The van der Waals surface area contributed by atoms with Crippen LogP contribution in [0.4, 0.5) is 0 Å². The van der Waals surface area contributed by atoms with Gasteiger partial charge in [-0.2, -0.15) is 0 Å². The smallest absolute Gasteiger partial charge is 0.251 e. The van der Waals surface area contributed by atoms with Gasteiger partial charge in [0.25, 0.3) is 5.91 Å². The molecule has 0 unspecified atom stereocenters. The molecule has 38 heavy (non-hydrogen) atoms. The van der Waals surface area contributed by atoms with Crippen molar-refractivity contribution in [3.05, 3.63) is 35.9 Å². The van der Waals surface area contributed by atoms with Crippen LogP contribution in [0.2, 0.25) is 0 Å². The molecule has 3 N–H and O–H groups in total. The van der Waals surface area contributed by atoms with Crippen LogP contribution in [0.15, 0.2) is 30.3 Å². The van der Waals surface area contributed by atoms with Gasteiger partial charge in [-0.25, -0.2) is 0 Å². The average molecular weight is 523 g/mol. The summed E-state index contributed by atoms with van der Waals surface area (Å²) in [7, 11) is 4.32. The zero-order valence-electron chi connectivity index (χ0n) is 24.5. The number of nitrogens with zero attached hydrogens (tertiary/aromatic N) is 1. The van der Waals surface area contributed by atoms with Gasteiger partial charge in [-0.15, -0.1) is 0 Å². The average Bonchev–Trinajstić information content (AvgIpc) is 3.50. The highest BCUT2D eigenvalue weighted by molar-refractivity contribution is 5.94. The molecule has 0 radical (unpaired) electrons. The first-order valence-electron chi connectivity index (χ1n) is 15.2. The number of nitrogens with one attached hydrogen (secondary N) is 1. The molecule has 6 rings (SSSR count). The fraction of sp³-hybridized carbons (Fsp3) is 0.788. The number of hydrogen-bond acceptors (Lipinski definition) is 4. The Labute approximate surface area is 229 Å². The molecule has 0 saturated heterocycles. The molecule has 0 aromatic heterocycles. The van der Waals surface area contributed by atoms with Gasteiger partial charge < -0.3 is 20.4 Å².